The maximum atomic E-state index is 11.6. The maximum Gasteiger partial charge on any atom is 0.155 e. The monoisotopic (exact) mass is 249 g/mol. The molecule has 0 N–H and O–H groups in total. The van der Waals surface area contributed by atoms with Crippen molar-refractivity contribution in [3.8, 4) is 0 Å². The average molecular weight is 249 g/mol. The van der Waals surface area contributed by atoms with E-state index < -0.39 is 0 Å². The Hall–Kier alpha value is -0.630. The van der Waals surface area contributed by atoms with E-state index in [9.17, 15) is 4.79 Å². The molecule has 0 aliphatic heterocycles. The van der Waals surface area contributed by atoms with Gasteiger partial charge in [0.25, 0.3) is 0 Å². The second-order valence-corrected chi connectivity index (χ2v) is 5.89. The smallest absolute Gasteiger partial charge is 0.155 e. The fourth-order valence-corrected chi connectivity index (χ4v) is 3.58. The van der Waals surface area contributed by atoms with Crippen molar-refractivity contribution in [2.75, 3.05) is 13.1 Å². The first-order valence-electron chi connectivity index (χ1n) is 7.72. The molecule has 0 saturated heterocycles. The average Bonchev–Trinajstić information content (AvgIpc) is 2.37. The van der Waals surface area contributed by atoms with Gasteiger partial charge in [0.2, 0.25) is 0 Å². The number of hydrogen-bond acceptors (Lipinski definition) is 2. The van der Waals surface area contributed by atoms with Gasteiger partial charge >= 0.3 is 0 Å². The standard InChI is InChI=1S/C16H27NO/c1-3-9-17(10-4-2)15-7-5-13-6-8-16(18)12-14(13)11-15/h12-13,15H,3-11H2,1-2H3/t13-,15-/m0/s1. The van der Waals surface area contributed by atoms with Gasteiger partial charge in [-0.1, -0.05) is 19.4 Å². The quantitative estimate of drug-likeness (QED) is 0.742. The molecule has 0 heterocycles. The lowest BCUT2D eigenvalue weighted by atomic mass is 9.75. The molecular formula is C16H27NO. The van der Waals surface area contributed by atoms with Crippen molar-refractivity contribution in [3.63, 3.8) is 0 Å². The van der Waals surface area contributed by atoms with Crippen LogP contribution in [0, 0.1) is 5.92 Å². The number of fused-ring (bicyclic) bond motifs is 1. The van der Waals surface area contributed by atoms with Crippen molar-refractivity contribution in [1.82, 2.24) is 4.90 Å². The summed E-state index contributed by atoms with van der Waals surface area (Å²) in [7, 11) is 0. The minimum absolute atomic E-state index is 0.361. The number of rotatable bonds is 5. The maximum absolute atomic E-state index is 11.6. The highest BCUT2D eigenvalue weighted by atomic mass is 16.1. The zero-order valence-electron chi connectivity index (χ0n) is 12.0. The topological polar surface area (TPSA) is 20.3 Å². The Morgan fingerprint density at radius 2 is 1.89 bits per heavy atom. The summed E-state index contributed by atoms with van der Waals surface area (Å²) < 4.78 is 0. The summed E-state index contributed by atoms with van der Waals surface area (Å²) in [6.07, 6.45) is 10.1. The molecule has 0 amide bonds. The van der Waals surface area contributed by atoms with Crippen LogP contribution in [-0.4, -0.2) is 29.8 Å². The molecule has 0 aromatic carbocycles. The van der Waals surface area contributed by atoms with E-state index in [1.165, 1.54) is 44.3 Å². The van der Waals surface area contributed by atoms with Gasteiger partial charge in [0.05, 0.1) is 0 Å². The Morgan fingerprint density at radius 3 is 2.56 bits per heavy atom. The third-order valence-electron chi connectivity index (χ3n) is 4.47. The number of ketones is 1. The van der Waals surface area contributed by atoms with Gasteiger partial charge in [-0.25, -0.2) is 0 Å². The van der Waals surface area contributed by atoms with Crippen molar-refractivity contribution >= 4 is 5.78 Å². The van der Waals surface area contributed by atoms with Crippen LogP contribution in [0.2, 0.25) is 0 Å². The van der Waals surface area contributed by atoms with Crippen LogP contribution in [0.25, 0.3) is 0 Å². The predicted molar refractivity (Wildman–Crippen MR) is 75.6 cm³/mol. The summed E-state index contributed by atoms with van der Waals surface area (Å²) in [6, 6.07) is 0.693. The summed E-state index contributed by atoms with van der Waals surface area (Å²) in [4.78, 5) is 14.2. The lowest BCUT2D eigenvalue weighted by Gasteiger charge is -2.39. The molecule has 1 fully saturated rings. The van der Waals surface area contributed by atoms with Gasteiger partial charge in [-0.15, -0.1) is 0 Å². The third kappa shape index (κ3) is 3.23. The molecule has 2 rings (SSSR count). The van der Waals surface area contributed by atoms with E-state index >= 15 is 0 Å². The molecule has 0 aromatic heterocycles. The number of carbonyl (C=O) groups excluding carboxylic acids is 1. The van der Waals surface area contributed by atoms with E-state index in [0.29, 0.717) is 11.8 Å². The van der Waals surface area contributed by atoms with Gasteiger partial charge in [-0.05, 0) is 63.6 Å². The first kappa shape index (κ1) is 13.8. The molecule has 2 aliphatic carbocycles. The number of carbonyl (C=O) groups is 1. The lowest BCUT2D eigenvalue weighted by molar-refractivity contribution is -0.115. The Bertz CT molecular complexity index is 315. The normalized spacial score (nSPS) is 28.2. The first-order chi connectivity index (χ1) is 8.74. The largest absolute Gasteiger partial charge is 0.300 e. The molecule has 102 valence electrons. The molecule has 2 atom stereocenters. The van der Waals surface area contributed by atoms with Crippen LogP contribution in [0.4, 0.5) is 0 Å². The molecule has 1 saturated carbocycles. The lowest BCUT2D eigenvalue weighted by Crippen LogP contribution is -2.40. The van der Waals surface area contributed by atoms with Crippen molar-refractivity contribution in [2.24, 2.45) is 5.92 Å². The molecule has 2 aliphatic rings. The van der Waals surface area contributed by atoms with Crippen molar-refractivity contribution in [3.05, 3.63) is 11.6 Å². The molecule has 0 unspecified atom stereocenters. The zero-order chi connectivity index (χ0) is 13.0. The molecular weight excluding hydrogens is 222 g/mol. The summed E-state index contributed by atoms with van der Waals surface area (Å²) in [5, 5.41) is 0. The van der Waals surface area contributed by atoms with Crippen molar-refractivity contribution in [1.29, 1.82) is 0 Å². The van der Waals surface area contributed by atoms with E-state index in [-0.39, 0.29) is 0 Å². The van der Waals surface area contributed by atoms with Gasteiger partial charge in [0.15, 0.2) is 5.78 Å². The number of nitrogens with zero attached hydrogens (tertiary/aromatic N) is 1. The fraction of sp³-hybridized carbons (Fsp3) is 0.812. The third-order valence-corrected chi connectivity index (χ3v) is 4.47. The minimum atomic E-state index is 0.361. The van der Waals surface area contributed by atoms with Crippen LogP contribution in [0.3, 0.4) is 0 Å². The number of allylic oxidation sites excluding steroid dienone is 1. The summed E-state index contributed by atoms with van der Waals surface area (Å²) in [6.45, 7) is 6.95. The predicted octanol–water partition coefficient (Wildman–Crippen LogP) is 3.57. The van der Waals surface area contributed by atoms with Crippen LogP contribution < -0.4 is 0 Å². The van der Waals surface area contributed by atoms with Crippen LogP contribution in [0.1, 0.15) is 58.8 Å². The van der Waals surface area contributed by atoms with E-state index in [0.717, 1.165) is 25.2 Å². The first-order valence-corrected chi connectivity index (χ1v) is 7.72. The van der Waals surface area contributed by atoms with Crippen molar-refractivity contribution < 1.29 is 4.79 Å². The molecule has 18 heavy (non-hydrogen) atoms. The van der Waals surface area contributed by atoms with E-state index in [2.05, 4.69) is 18.7 Å². The van der Waals surface area contributed by atoms with E-state index in [1.54, 1.807) is 0 Å². The Morgan fingerprint density at radius 1 is 1.17 bits per heavy atom. The van der Waals surface area contributed by atoms with E-state index in [1.807, 2.05) is 6.08 Å². The molecule has 0 radical (unpaired) electrons. The highest BCUT2D eigenvalue weighted by Gasteiger charge is 2.31. The van der Waals surface area contributed by atoms with Gasteiger partial charge in [0.1, 0.15) is 0 Å². The van der Waals surface area contributed by atoms with Gasteiger partial charge < -0.3 is 4.90 Å². The SMILES string of the molecule is CCCN(CCC)[C@H]1CC[C@H]2CCC(=O)C=C2C1. The molecule has 0 aromatic rings. The van der Waals surface area contributed by atoms with Crippen LogP contribution in [-0.2, 0) is 4.79 Å². The molecule has 2 nitrogen and oxygen atoms in total. The van der Waals surface area contributed by atoms with Crippen LogP contribution >= 0.6 is 0 Å². The molecule has 0 spiro atoms. The zero-order valence-corrected chi connectivity index (χ0v) is 12.0. The fourth-order valence-electron chi connectivity index (χ4n) is 3.58. The highest BCUT2D eigenvalue weighted by molar-refractivity contribution is 5.91. The van der Waals surface area contributed by atoms with Gasteiger partial charge in [-0.2, -0.15) is 0 Å². The van der Waals surface area contributed by atoms with Gasteiger partial charge in [-0.3, -0.25) is 4.79 Å². The number of hydrogen-bond donors (Lipinski definition) is 0. The second kappa shape index (κ2) is 6.51. The summed E-state index contributed by atoms with van der Waals surface area (Å²) in [5.74, 6) is 1.09. The summed E-state index contributed by atoms with van der Waals surface area (Å²) >= 11 is 0. The Kier molecular flexibility index (Phi) is 4.99. The van der Waals surface area contributed by atoms with Crippen LogP contribution in [0.5, 0.6) is 0 Å². The summed E-state index contributed by atoms with van der Waals surface area (Å²) in [5.41, 5.74) is 1.46. The second-order valence-electron chi connectivity index (χ2n) is 5.89. The minimum Gasteiger partial charge on any atom is -0.300 e. The Balaban J connectivity index is 2.01. The van der Waals surface area contributed by atoms with E-state index in [4.69, 9.17) is 0 Å². The van der Waals surface area contributed by atoms with Gasteiger partial charge in [0, 0.05) is 12.5 Å². The molecule has 0 bridgehead atoms. The van der Waals surface area contributed by atoms with Crippen LogP contribution in [0.15, 0.2) is 11.6 Å². The Labute approximate surface area is 111 Å². The molecule has 2 heteroatoms. The van der Waals surface area contributed by atoms with Crippen molar-refractivity contribution in [2.45, 2.75) is 64.8 Å². The highest BCUT2D eigenvalue weighted by Crippen LogP contribution is 2.37.